The summed E-state index contributed by atoms with van der Waals surface area (Å²) in [4.78, 5) is 0. The number of hydrogen-bond donors (Lipinski definition) is 0. The second-order valence-electron chi connectivity index (χ2n) is 3.85. The Morgan fingerprint density at radius 3 is 2.54 bits per heavy atom. The Labute approximate surface area is 78.8 Å². The van der Waals surface area contributed by atoms with E-state index in [-0.39, 0.29) is 0 Å². The summed E-state index contributed by atoms with van der Waals surface area (Å²) in [5.74, 6) is 0. The predicted molar refractivity (Wildman–Crippen MR) is 51.5 cm³/mol. The van der Waals surface area contributed by atoms with Gasteiger partial charge in [0.05, 0.1) is 5.56 Å². The highest BCUT2D eigenvalue weighted by Crippen LogP contribution is 2.34. The lowest BCUT2D eigenvalue weighted by molar-refractivity contribution is 0.306. The largest absolute Gasteiger partial charge is 0.345 e. The van der Waals surface area contributed by atoms with Gasteiger partial charge in [0.15, 0.2) is 0 Å². The molecule has 1 aromatic heterocycles. The second kappa shape index (κ2) is 2.92. The normalized spacial score (nSPS) is 16.7. The fourth-order valence-electron chi connectivity index (χ4n) is 2.10. The molecular formula is C11H14N2. The smallest absolute Gasteiger partial charge is 0.101 e. The van der Waals surface area contributed by atoms with Crippen LogP contribution >= 0.6 is 0 Å². The first-order valence-electron chi connectivity index (χ1n) is 4.82. The number of nitrogens with zero attached hydrogens (tertiary/aromatic N) is 2. The van der Waals surface area contributed by atoms with Crippen LogP contribution < -0.4 is 0 Å². The minimum Gasteiger partial charge on any atom is -0.345 e. The molecule has 2 nitrogen and oxygen atoms in total. The second-order valence-corrected chi connectivity index (χ2v) is 3.85. The van der Waals surface area contributed by atoms with Gasteiger partial charge in [-0.15, -0.1) is 0 Å². The summed E-state index contributed by atoms with van der Waals surface area (Å²) in [7, 11) is 0. The first-order valence-corrected chi connectivity index (χ1v) is 4.82. The number of nitriles is 1. The van der Waals surface area contributed by atoms with E-state index in [1.165, 1.54) is 25.0 Å². The van der Waals surface area contributed by atoms with Crippen molar-refractivity contribution in [2.45, 2.75) is 39.2 Å². The van der Waals surface area contributed by atoms with Crippen LogP contribution in [0, 0.1) is 25.2 Å². The number of rotatable bonds is 1. The van der Waals surface area contributed by atoms with Crippen LogP contribution in [0.3, 0.4) is 0 Å². The predicted octanol–water partition coefficient (Wildman–Crippen LogP) is 2.70. The average Bonchev–Trinajstić information content (AvgIpc) is 2.29. The molecule has 68 valence electrons. The van der Waals surface area contributed by atoms with Crippen LogP contribution in [-0.2, 0) is 0 Å². The van der Waals surface area contributed by atoms with Gasteiger partial charge in [-0.05, 0) is 39.2 Å². The van der Waals surface area contributed by atoms with Crippen molar-refractivity contribution in [1.82, 2.24) is 4.57 Å². The fourth-order valence-corrected chi connectivity index (χ4v) is 2.10. The van der Waals surface area contributed by atoms with Gasteiger partial charge in [0.1, 0.15) is 6.07 Å². The molecule has 1 aliphatic carbocycles. The van der Waals surface area contributed by atoms with Crippen molar-refractivity contribution in [3.63, 3.8) is 0 Å². The molecule has 1 saturated carbocycles. The molecule has 0 unspecified atom stereocenters. The van der Waals surface area contributed by atoms with E-state index < -0.39 is 0 Å². The van der Waals surface area contributed by atoms with E-state index in [0.717, 1.165) is 11.3 Å². The quantitative estimate of drug-likeness (QED) is 0.643. The summed E-state index contributed by atoms with van der Waals surface area (Å²) in [6, 6.07) is 4.90. The molecule has 1 aliphatic rings. The van der Waals surface area contributed by atoms with Crippen molar-refractivity contribution in [3.8, 4) is 6.07 Å². The van der Waals surface area contributed by atoms with Crippen molar-refractivity contribution < 1.29 is 0 Å². The van der Waals surface area contributed by atoms with Gasteiger partial charge in [-0.2, -0.15) is 5.26 Å². The molecule has 0 aliphatic heterocycles. The van der Waals surface area contributed by atoms with Crippen LogP contribution in [0.15, 0.2) is 6.07 Å². The van der Waals surface area contributed by atoms with Crippen LogP contribution in [0.4, 0.5) is 0 Å². The summed E-state index contributed by atoms with van der Waals surface area (Å²) in [5, 5.41) is 8.87. The van der Waals surface area contributed by atoms with Crippen LogP contribution in [0.25, 0.3) is 0 Å². The molecule has 0 atom stereocenters. The maximum Gasteiger partial charge on any atom is 0.101 e. The third kappa shape index (κ3) is 1.16. The molecular weight excluding hydrogens is 160 g/mol. The van der Waals surface area contributed by atoms with Gasteiger partial charge in [0.25, 0.3) is 0 Å². The van der Waals surface area contributed by atoms with Gasteiger partial charge in [-0.1, -0.05) is 0 Å². The molecule has 0 bridgehead atoms. The summed E-state index contributed by atoms with van der Waals surface area (Å²) in [6.45, 7) is 4.13. The van der Waals surface area contributed by atoms with Crippen LogP contribution in [0.1, 0.15) is 42.3 Å². The summed E-state index contributed by atoms with van der Waals surface area (Å²) in [5.41, 5.74) is 3.22. The molecule has 0 aromatic carbocycles. The van der Waals surface area contributed by atoms with Crippen molar-refractivity contribution >= 4 is 0 Å². The Morgan fingerprint density at radius 1 is 1.46 bits per heavy atom. The SMILES string of the molecule is Cc1cc(C#N)c(C)n1C1CCC1. The molecule has 2 heteroatoms. The highest BCUT2D eigenvalue weighted by molar-refractivity contribution is 5.37. The highest BCUT2D eigenvalue weighted by Gasteiger charge is 2.22. The lowest BCUT2D eigenvalue weighted by atomic mass is 9.92. The maximum absolute atomic E-state index is 8.87. The van der Waals surface area contributed by atoms with E-state index >= 15 is 0 Å². The lowest BCUT2D eigenvalue weighted by Crippen LogP contribution is -2.19. The first-order chi connectivity index (χ1) is 6.24. The average molecular weight is 174 g/mol. The minimum absolute atomic E-state index is 0.669. The van der Waals surface area contributed by atoms with E-state index in [1.807, 2.05) is 13.0 Å². The molecule has 1 aromatic rings. The molecule has 0 amide bonds. The summed E-state index contributed by atoms with van der Waals surface area (Å²) in [6.07, 6.45) is 3.89. The fraction of sp³-hybridized carbons (Fsp3) is 0.545. The Morgan fingerprint density at radius 2 is 2.15 bits per heavy atom. The molecule has 0 spiro atoms. The Kier molecular flexibility index (Phi) is 1.88. The Hall–Kier alpha value is -1.23. The molecule has 0 saturated heterocycles. The van der Waals surface area contributed by atoms with Crippen LogP contribution in [0.5, 0.6) is 0 Å². The van der Waals surface area contributed by atoms with E-state index in [1.54, 1.807) is 0 Å². The number of hydrogen-bond acceptors (Lipinski definition) is 1. The summed E-state index contributed by atoms with van der Waals surface area (Å²) >= 11 is 0. The Balaban J connectivity index is 2.44. The lowest BCUT2D eigenvalue weighted by Gasteiger charge is -2.30. The molecule has 1 heterocycles. The third-order valence-corrected chi connectivity index (χ3v) is 3.04. The Bertz CT molecular complexity index is 364. The first kappa shape index (κ1) is 8.37. The number of aromatic nitrogens is 1. The zero-order valence-electron chi connectivity index (χ0n) is 8.17. The van der Waals surface area contributed by atoms with Crippen molar-refractivity contribution in [1.29, 1.82) is 5.26 Å². The van der Waals surface area contributed by atoms with Gasteiger partial charge in [-0.25, -0.2) is 0 Å². The van der Waals surface area contributed by atoms with Gasteiger partial charge in [0.2, 0.25) is 0 Å². The van der Waals surface area contributed by atoms with E-state index in [9.17, 15) is 0 Å². The standard InChI is InChI=1S/C11H14N2/c1-8-6-10(7-12)9(2)13(8)11-4-3-5-11/h6,11H,3-5H2,1-2H3. The molecule has 1 fully saturated rings. The maximum atomic E-state index is 8.87. The topological polar surface area (TPSA) is 28.7 Å². The zero-order chi connectivity index (χ0) is 9.42. The van der Waals surface area contributed by atoms with Crippen molar-refractivity contribution in [2.75, 3.05) is 0 Å². The van der Waals surface area contributed by atoms with Crippen molar-refractivity contribution in [3.05, 3.63) is 23.0 Å². The molecule has 0 radical (unpaired) electrons. The highest BCUT2D eigenvalue weighted by atomic mass is 15.0. The number of aryl methyl sites for hydroxylation is 1. The molecule has 0 N–H and O–H groups in total. The summed E-state index contributed by atoms with van der Waals surface area (Å²) < 4.78 is 2.32. The van der Waals surface area contributed by atoms with Crippen LogP contribution in [-0.4, -0.2) is 4.57 Å². The van der Waals surface area contributed by atoms with E-state index in [4.69, 9.17) is 5.26 Å². The monoisotopic (exact) mass is 174 g/mol. The van der Waals surface area contributed by atoms with E-state index in [2.05, 4.69) is 17.6 Å². The zero-order valence-corrected chi connectivity index (χ0v) is 8.17. The molecule has 13 heavy (non-hydrogen) atoms. The van der Waals surface area contributed by atoms with Gasteiger partial charge in [-0.3, -0.25) is 0 Å². The van der Waals surface area contributed by atoms with Gasteiger partial charge < -0.3 is 4.57 Å². The van der Waals surface area contributed by atoms with Crippen molar-refractivity contribution in [2.24, 2.45) is 0 Å². The molecule has 2 rings (SSSR count). The third-order valence-electron chi connectivity index (χ3n) is 3.04. The minimum atomic E-state index is 0.669. The van der Waals surface area contributed by atoms with E-state index in [0.29, 0.717) is 6.04 Å². The van der Waals surface area contributed by atoms with Gasteiger partial charge >= 0.3 is 0 Å². The van der Waals surface area contributed by atoms with Crippen LogP contribution in [0.2, 0.25) is 0 Å². The van der Waals surface area contributed by atoms with Gasteiger partial charge in [0, 0.05) is 17.4 Å².